The number of imidazole rings is 1. The van der Waals surface area contributed by atoms with Crippen molar-refractivity contribution in [2.45, 2.75) is 12.9 Å². The fourth-order valence-corrected chi connectivity index (χ4v) is 3.03. The maximum Gasteiger partial charge on any atom is 0.573 e. The number of pyridine rings is 1. The fourth-order valence-electron chi connectivity index (χ4n) is 2.85. The number of fused-ring (bicyclic) bond motifs is 1. The second kappa shape index (κ2) is 7.36. The summed E-state index contributed by atoms with van der Waals surface area (Å²) >= 11 is 5.82. The van der Waals surface area contributed by atoms with E-state index in [1.165, 1.54) is 18.2 Å². The molecule has 0 amide bonds. The number of ether oxygens (including phenoxy) is 1. The van der Waals surface area contributed by atoms with E-state index >= 15 is 0 Å². The molecule has 2 aliphatic heterocycles. The lowest BCUT2D eigenvalue weighted by atomic mass is 10.2. The molecule has 2 aromatic carbocycles. The van der Waals surface area contributed by atoms with Crippen molar-refractivity contribution >= 4 is 11.6 Å². The van der Waals surface area contributed by atoms with E-state index in [9.17, 15) is 17.6 Å². The standard InChI is InChI=1S/C20H12ClF4N3O/c21-15-3-1-2-14(18(15)22)19-26-16-8-9-28(11-17(16)27-19)10-12-4-6-13(7-5-12)29-20(23,24)25/h1-9,11H,10H2. The molecule has 0 spiro atoms. The van der Waals surface area contributed by atoms with Crippen LogP contribution >= 0.6 is 11.6 Å². The normalized spacial score (nSPS) is 11.8. The van der Waals surface area contributed by atoms with Gasteiger partial charge in [-0.05, 0) is 35.9 Å². The summed E-state index contributed by atoms with van der Waals surface area (Å²) in [5.74, 6) is -0.637. The highest BCUT2D eigenvalue weighted by molar-refractivity contribution is 6.31. The van der Waals surface area contributed by atoms with Gasteiger partial charge in [0.15, 0.2) is 11.6 Å². The highest BCUT2D eigenvalue weighted by Crippen LogP contribution is 2.29. The minimum Gasteiger partial charge on any atom is -0.406 e. The molecular formula is C20H12ClF4N3O. The summed E-state index contributed by atoms with van der Waals surface area (Å²) in [6.45, 7) is 0.399. The molecular weight excluding hydrogens is 410 g/mol. The zero-order chi connectivity index (χ0) is 20.6. The Bertz CT molecular complexity index is 1130. The summed E-state index contributed by atoms with van der Waals surface area (Å²) in [4.78, 5) is 8.70. The largest absolute Gasteiger partial charge is 0.573 e. The van der Waals surface area contributed by atoms with Gasteiger partial charge in [-0.25, -0.2) is 14.4 Å². The smallest absolute Gasteiger partial charge is 0.406 e. The first-order valence-electron chi connectivity index (χ1n) is 8.41. The number of hydrogen-bond donors (Lipinski definition) is 0. The molecule has 0 unspecified atom stereocenters. The van der Waals surface area contributed by atoms with Gasteiger partial charge in [-0.15, -0.1) is 13.2 Å². The number of halogens is 5. The van der Waals surface area contributed by atoms with Crippen molar-refractivity contribution in [3.63, 3.8) is 0 Å². The van der Waals surface area contributed by atoms with E-state index in [4.69, 9.17) is 11.6 Å². The molecule has 0 bridgehead atoms. The summed E-state index contributed by atoms with van der Waals surface area (Å²) in [6, 6.07) is 11.9. The molecule has 4 nitrogen and oxygen atoms in total. The van der Waals surface area contributed by atoms with Gasteiger partial charge in [0.25, 0.3) is 0 Å². The highest BCUT2D eigenvalue weighted by Gasteiger charge is 2.30. The van der Waals surface area contributed by atoms with Crippen molar-refractivity contribution in [3.8, 4) is 28.5 Å². The molecule has 0 fully saturated rings. The third-order valence-corrected chi connectivity index (χ3v) is 4.43. The van der Waals surface area contributed by atoms with E-state index in [-0.39, 0.29) is 22.2 Å². The summed E-state index contributed by atoms with van der Waals surface area (Å²) in [5, 5.41) is -0.00984. The summed E-state index contributed by atoms with van der Waals surface area (Å²) in [5.41, 5.74) is 2.12. The molecule has 29 heavy (non-hydrogen) atoms. The molecule has 2 heterocycles. The van der Waals surface area contributed by atoms with E-state index < -0.39 is 12.2 Å². The summed E-state index contributed by atoms with van der Waals surface area (Å²) < 4.78 is 56.6. The van der Waals surface area contributed by atoms with Gasteiger partial charge < -0.3 is 9.30 Å². The molecule has 0 radical (unpaired) electrons. The third kappa shape index (κ3) is 4.32. The first-order chi connectivity index (χ1) is 13.8. The van der Waals surface area contributed by atoms with Crippen LogP contribution in [0.3, 0.4) is 0 Å². The van der Waals surface area contributed by atoms with Crippen molar-refractivity contribution in [1.29, 1.82) is 0 Å². The van der Waals surface area contributed by atoms with Crippen molar-refractivity contribution in [2.24, 2.45) is 0 Å². The Balaban J connectivity index is 1.57. The Labute approximate surface area is 167 Å². The number of aromatic nitrogens is 3. The van der Waals surface area contributed by atoms with E-state index in [1.807, 2.05) is 0 Å². The van der Waals surface area contributed by atoms with E-state index in [1.54, 1.807) is 47.3 Å². The van der Waals surface area contributed by atoms with E-state index in [2.05, 4.69) is 14.7 Å². The second-order valence-corrected chi connectivity index (χ2v) is 6.64. The van der Waals surface area contributed by atoms with Crippen molar-refractivity contribution in [1.82, 2.24) is 14.5 Å². The molecule has 0 aliphatic carbocycles. The Hall–Kier alpha value is -3.13. The van der Waals surface area contributed by atoms with Crippen molar-refractivity contribution in [2.75, 3.05) is 0 Å². The number of rotatable bonds is 4. The van der Waals surface area contributed by atoms with Crippen LogP contribution in [0, 0.1) is 5.82 Å². The molecule has 0 atom stereocenters. The molecule has 2 aliphatic rings. The lowest BCUT2D eigenvalue weighted by molar-refractivity contribution is -0.274. The highest BCUT2D eigenvalue weighted by atomic mass is 35.5. The van der Waals surface area contributed by atoms with Gasteiger partial charge in [-0.2, -0.15) is 0 Å². The van der Waals surface area contributed by atoms with Gasteiger partial charge in [0.1, 0.15) is 11.4 Å². The summed E-state index contributed by atoms with van der Waals surface area (Å²) in [7, 11) is 0. The van der Waals surface area contributed by atoms with Crippen LogP contribution < -0.4 is 4.74 Å². The van der Waals surface area contributed by atoms with Crippen LogP contribution in [-0.2, 0) is 6.54 Å². The van der Waals surface area contributed by atoms with Crippen LogP contribution in [-0.4, -0.2) is 20.9 Å². The average Bonchev–Trinajstić information content (AvgIpc) is 3.07. The molecule has 148 valence electrons. The quantitative estimate of drug-likeness (QED) is 0.392. The third-order valence-electron chi connectivity index (χ3n) is 4.14. The van der Waals surface area contributed by atoms with Gasteiger partial charge in [0.2, 0.25) is 0 Å². The fraction of sp³-hybridized carbons (Fsp3) is 0.100. The van der Waals surface area contributed by atoms with Crippen LogP contribution in [0.25, 0.3) is 22.8 Å². The molecule has 9 heteroatoms. The predicted octanol–water partition coefficient (Wildman–Crippen LogP) is 5.79. The van der Waals surface area contributed by atoms with Crippen LogP contribution in [0.5, 0.6) is 5.75 Å². The van der Waals surface area contributed by atoms with Crippen molar-refractivity contribution in [3.05, 3.63) is 77.3 Å². The minimum atomic E-state index is -4.72. The lowest BCUT2D eigenvalue weighted by Crippen LogP contribution is -2.17. The monoisotopic (exact) mass is 421 g/mol. The molecule has 0 saturated heterocycles. The van der Waals surface area contributed by atoms with Crippen LogP contribution in [0.1, 0.15) is 5.56 Å². The topological polar surface area (TPSA) is 39.9 Å². The molecule has 4 rings (SSSR count). The van der Waals surface area contributed by atoms with E-state index in [0.717, 1.165) is 5.56 Å². The first kappa shape index (κ1) is 19.2. The Morgan fingerprint density at radius 3 is 2.41 bits per heavy atom. The van der Waals surface area contributed by atoms with Gasteiger partial charge in [0, 0.05) is 18.9 Å². The lowest BCUT2D eigenvalue weighted by Gasteiger charge is -2.11. The molecule has 2 aromatic rings. The molecule has 0 aromatic heterocycles. The zero-order valence-corrected chi connectivity index (χ0v) is 15.4. The average molecular weight is 422 g/mol. The maximum atomic E-state index is 14.2. The van der Waals surface area contributed by atoms with Gasteiger partial charge in [-0.3, -0.25) is 0 Å². The van der Waals surface area contributed by atoms with Crippen molar-refractivity contribution < 1.29 is 22.3 Å². The summed E-state index contributed by atoms with van der Waals surface area (Å²) in [6.07, 6.45) is -1.23. The zero-order valence-electron chi connectivity index (χ0n) is 14.6. The number of alkyl halides is 3. The Kier molecular flexibility index (Phi) is 4.87. The molecule has 0 N–H and O–H groups in total. The number of nitrogens with zero attached hydrogens (tertiary/aromatic N) is 3. The van der Waals surface area contributed by atoms with Gasteiger partial charge in [-0.1, -0.05) is 29.8 Å². The number of benzene rings is 2. The minimum absolute atomic E-state index is 0.00984. The van der Waals surface area contributed by atoms with E-state index in [0.29, 0.717) is 17.9 Å². The Morgan fingerprint density at radius 1 is 0.966 bits per heavy atom. The van der Waals surface area contributed by atoms with Crippen LogP contribution in [0.15, 0.2) is 60.9 Å². The van der Waals surface area contributed by atoms with Gasteiger partial charge in [0.05, 0.1) is 16.3 Å². The predicted molar refractivity (Wildman–Crippen MR) is 99.3 cm³/mol. The van der Waals surface area contributed by atoms with Crippen LogP contribution in [0.2, 0.25) is 5.02 Å². The number of hydrogen-bond acceptors (Lipinski definition) is 3. The van der Waals surface area contributed by atoms with Crippen LogP contribution in [0.4, 0.5) is 17.6 Å². The Morgan fingerprint density at radius 2 is 1.69 bits per heavy atom. The van der Waals surface area contributed by atoms with Gasteiger partial charge >= 0.3 is 6.36 Å². The first-order valence-corrected chi connectivity index (χ1v) is 8.79. The SMILES string of the molecule is Fc1c(Cl)cccc1-c1nc2ccn(Cc3ccc(OC(F)(F)F)cc3)cc-2n1. The molecule has 0 saturated carbocycles. The second-order valence-electron chi connectivity index (χ2n) is 6.23. The maximum absolute atomic E-state index is 14.2.